The van der Waals surface area contributed by atoms with Crippen LogP contribution in [-0.2, 0) is 13.1 Å². The van der Waals surface area contributed by atoms with Crippen molar-refractivity contribution in [1.82, 2.24) is 9.80 Å². The predicted octanol–water partition coefficient (Wildman–Crippen LogP) is 19.8. The van der Waals surface area contributed by atoms with E-state index in [-0.39, 0.29) is 0 Å². The van der Waals surface area contributed by atoms with Crippen LogP contribution in [-0.4, -0.2) is 54.6 Å². The molecule has 0 amide bonds. The zero-order valence-electron chi connectivity index (χ0n) is 47.6. The molecule has 4 unspecified atom stereocenters. The minimum atomic E-state index is -1.50. The molecule has 0 radical (unpaired) electrons. The van der Waals surface area contributed by atoms with Crippen molar-refractivity contribution in [2.45, 2.75) is 349 Å². The van der Waals surface area contributed by atoms with Crippen molar-refractivity contribution in [3.63, 3.8) is 0 Å². The molecule has 0 heterocycles. The molecule has 0 aliphatic heterocycles. The Balaban J connectivity index is 0. The summed E-state index contributed by atoms with van der Waals surface area (Å²) in [6.07, 6.45) is 56.5. The summed E-state index contributed by atoms with van der Waals surface area (Å²) in [6.45, 7) is 21.8. The van der Waals surface area contributed by atoms with Crippen LogP contribution in [0.15, 0.2) is 24.3 Å². The highest BCUT2D eigenvalue weighted by Gasteiger charge is 2.24. The predicted molar refractivity (Wildman–Crippen MR) is 300 cm³/mol. The summed E-state index contributed by atoms with van der Waals surface area (Å²) in [5, 5.41) is 27.3. The van der Waals surface area contributed by atoms with Crippen LogP contribution in [0, 0.1) is 20.2 Å². The fraction of sp³-hybridized carbons (Fsp3) is 0.900. The number of hydrogen-bond acceptors (Lipinski definition) is 6. The summed E-state index contributed by atoms with van der Waals surface area (Å²) < 4.78 is 0. The van der Waals surface area contributed by atoms with Gasteiger partial charge in [0.2, 0.25) is 0 Å². The fourth-order valence-corrected chi connectivity index (χ4v) is 10.4. The van der Waals surface area contributed by atoms with Crippen LogP contribution in [0.2, 0.25) is 0 Å². The largest absolute Gasteiger partial charge is 0.328 e. The van der Waals surface area contributed by atoms with Gasteiger partial charge in [-0.15, -0.1) is 20.2 Å². The third kappa shape index (κ3) is 46.6. The Bertz CT molecular complexity index is 1100. The van der Waals surface area contributed by atoms with Gasteiger partial charge in [0, 0.05) is 37.3 Å². The highest BCUT2D eigenvalue weighted by Crippen LogP contribution is 2.27. The van der Waals surface area contributed by atoms with Gasteiger partial charge in [-0.05, 0) is 64.5 Å². The van der Waals surface area contributed by atoms with Crippen molar-refractivity contribution in [3.8, 4) is 0 Å². The van der Waals surface area contributed by atoms with Crippen molar-refractivity contribution >= 4 is 0 Å². The van der Waals surface area contributed by atoms with Crippen LogP contribution in [0.3, 0.4) is 0 Å². The maximum absolute atomic E-state index is 8.36. The summed E-state index contributed by atoms with van der Waals surface area (Å²) >= 11 is 0. The Kier molecular flexibility index (Phi) is 52.6. The molecule has 0 aliphatic carbocycles. The van der Waals surface area contributed by atoms with Crippen molar-refractivity contribution in [2.24, 2.45) is 0 Å². The third-order valence-electron chi connectivity index (χ3n) is 15.0. The molecule has 0 saturated carbocycles. The highest BCUT2D eigenvalue weighted by molar-refractivity contribution is 5.27. The van der Waals surface area contributed by atoms with Gasteiger partial charge in [0.1, 0.15) is 0 Å². The lowest BCUT2D eigenvalue weighted by molar-refractivity contribution is -0.742. The zero-order valence-corrected chi connectivity index (χ0v) is 47.6. The van der Waals surface area contributed by atoms with Crippen molar-refractivity contribution < 1.29 is 20.6 Å². The second-order valence-electron chi connectivity index (χ2n) is 21.5. The molecule has 10 heteroatoms. The summed E-state index contributed by atoms with van der Waals surface area (Å²) in [6, 6.07) is 12.2. The van der Waals surface area contributed by atoms with E-state index >= 15 is 0 Å². The SMILES string of the molecule is CCCCCCCCCCCC(C)N(Cc1ccccc1CN(C(C)CCCCCCCCCCC)C(C)CCCCCCCCCCC)C(C)CCCCCCCCCCC.O=[N+]([O-])O.O=[N+]([O-])O. The first kappa shape index (κ1) is 69.6. The molecule has 0 bridgehead atoms. The van der Waals surface area contributed by atoms with Crippen molar-refractivity contribution in [3.05, 3.63) is 55.6 Å². The lowest BCUT2D eigenvalue weighted by Gasteiger charge is -2.38. The number of nitrogens with zero attached hydrogens (tertiary/aromatic N) is 4. The second-order valence-corrected chi connectivity index (χ2v) is 21.5. The molecule has 1 aromatic carbocycles. The molecule has 70 heavy (non-hydrogen) atoms. The van der Waals surface area contributed by atoms with Gasteiger partial charge in [0.15, 0.2) is 0 Å². The summed E-state index contributed by atoms with van der Waals surface area (Å²) in [5.41, 5.74) is 3.20. The highest BCUT2D eigenvalue weighted by atomic mass is 16.9. The molecule has 4 atom stereocenters. The minimum Gasteiger partial charge on any atom is -0.328 e. The molecule has 0 fully saturated rings. The zero-order chi connectivity index (χ0) is 52.3. The Hall–Kier alpha value is -2.46. The van der Waals surface area contributed by atoms with E-state index in [1.54, 1.807) is 11.1 Å². The second kappa shape index (κ2) is 52.9. The van der Waals surface area contributed by atoms with E-state index in [0.717, 1.165) is 13.1 Å². The quantitative estimate of drug-likeness (QED) is 0.0375. The lowest BCUT2D eigenvalue weighted by atomic mass is 9.97. The first-order valence-corrected chi connectivity index (χ1v) is 30.1. The summed E-state index contributed by atoms with van der Waals surface area (Å²) in [7, 11) is 0. The normalized spacial score (nSPS) is 13.1. The number of hydrogen-bond donors (Lipinski definition) is 2. The van der Waals surface area contributed by atoms with Crippen LogP contribution in [0.5, 0.6) is 0 Å². The molecular formula is C60H118N4O6. The van der Waals surface area contributed by atoms with E-state index in [4.69, 9.17) is 30.6 Å². The molecule has 0 aromatic heterocycles. The Morgan fingerprint density at radius 2 is 0.514 bits per heavy atom. The minimum absolute atomic E-state index is 0.633. The van der Waals surface area contributed by atoms with E-state index in [0.29, 0.717) is 24.2 Å². The standard InChI is InChI=1S/C60H116N2.2HNO3/c1-9-13-17-21-25-29-33-37-41-47-55(5)61(56(6)48-42-38-34-30-26-22-18-14-10-2)53-59-51-45-46-52-60(59)54-62(57(7)49-43-39-35-31-27-23-19-15-11-3)58(8)50-44-40-36-32-28-24-20-16-12-4;2*2-1(3)4/h45-46,51-52,55-58H,9-44,47-50,53-54H2,1-8H3;2*(H,2,3,4). The molecule has 1 aromatic rings. The topological polar surface area (TPSA) is 133 Å². The van der Waals surface area contributed by atoms with Crippen LogP contribution in [0.25, 0.3) is 0 Å². The van der Waals surface area contributed by atoms with Gasteiger partial charge in [-0.1, -0.05) is 283 Å². The Labute approximate surface area is 433 Å². The Morgan fingerprint density at radius 1 is 0.357 bits per heavy atom. The molecule has 2 N–H and O–H groups in total. The van der Waals surface area contributed by atoms with Crippen molar-refractivity contribution in [1.29, 1.82) is 0 Å². The van der Waals surface area contributed by atoms with Crippen LogP contribution in [0.4, 0.5) is 0 Å². The maximum atomic E-state index is 8.36. The van der Waals surface area contributed by atoms with Gasteiger partial charge in [-0.3, -0.25) is 9.80 Å². The van der Waals surface area contributed by atoms with E-state index in [1.165, 1.54) is 257 Å². The first-order chi connectivity index (χ1) is 33.9. The number of benzene rings is 1. The molecule has 0 saturated heterocycles. The van der Waals surface area contributed by atoms with E-state index in [9.17, 15) is 0 Å². The van der Waals surface area contributed by atoms with Crippen molar-refractivity contribution in [2.75, 3.05) is 0 Å². The average Bonchev–Trinajstić information content (AvgIpc) is 3.32. The number of rotatable bonds is 48. The molecule has 1 rings (SSSR count). The molecular weight excluding hydrogens is 873 g/mol. The smallest absolute Gasteiger partial charge is 0.291 e. The van der Waals surface area contributed by atoms with Crippen LogP contribution in [0.1, 0.15) is 323 Å². The summed E-state index contributed by atoms with van der Waals surface area (Å²) in [4.78, 5) is 22.6. The lowest BCUT2D eigenvalue weighted by Crippen LogP contribution is -2.41. The Morgan fingerprint density at radius 3 is 0.686 bits per heavy atom. The van der Waals surface area contributed by atoms with Gasteiger partial charge in [-0.2, -0.15) is 0 Å². The maximum Gasteiger partial charge on any atom is 0.291 e. The molecule has 10 nitrogen and oxygen atoms in total. The molecule has 0 aliphatic rings. The molecule has 0 spiro atoms. The first-order valence-electron chi connectivity index (χ1n) is 30.1. The van der Waals surface area contributed by atoms with E-state index < -0.39 is 10.2 Å². The fourth-order valence-electron chi connectivity index (χ4n) is 10.4. The van der Waals surface area contributed by atoms with Gasteiger partial charge in [0.25, 0.3) is 10.2 Å². The van der Waals surface area contributed by atoms with E-state index in [2.05, 4.69) is 89.5 Å². The summed E-state index contributed by atoms with van der Waals surface area (Å²) in [5.74, 6) is 0. The van der Waals surface area contributed by atoms with E-state index in [1.807, 2.05) is 0 Å². The number of unbranched alkanes of at least 4 members (excludes halogenated alkanes) is 32. The third-order valence-corrected chi connectivity index (χ3v) is 15.0. The average molecular weight is 992 g/mol. The monoisotopic (exact) mass is 991 g/mol. The van der Waals surface area contributed by atoms with Gasteiger partial charge >= 0.3 is 0 Å². The van der Waals surface area contributed by atoms with Crippen LogP contribution < -0.4 is 0 Å². The van der Waals surface area contributed by atoms with Gasteiger partial charge < -0.3 is 10.4 Å². The molecule has 414 valence electrons. The van der Waals surface area contributed by atoms with Gasteiger partial charge in [-0.25, -0.2) is 0 Å². The van der Waals surface area contributed by atoms with Gasteiger partial charge in [0.05, 0.1) is 0 Å². The van der Waals surface area contributed by atoms with Crippen LogP contribution >= 0.6 is 0 Å².